The van der Waals surface area contributed by atoms with Crippen molar-refractivity contribution < 1.29 is 13.2 Å². The van der Waals surface area contributed by atoms with Crippen molar-refractivity contribution in [1.29, 1.82) is 0 Å². The van der Waals surface area contributed by atoms with Crippen LogP contribution in [0.4, 0.5) is 19.0 Å². The highest BCUT2D eigenvalue weighted by atomic mass is 32.1. The Balaban J connectivity index is 0.000000184. The van der Waals surface area contributed by atoms with Gasteiger partial charge in [-0.3, -0.25) is 0 Å². The molecule has 0 unspecified atom stereocenters. The van der Waals surface area contributed by atoms with Gasteiger partial charge < -0.3 is 5.73 Å². The Morgan fingerprint density at radius 1 is 1.06 bits per heavy atom. The Kier molecular flexibility index (Phi) is 4.72. The maximum Gasteiger partial charge on any atom is 0.443 e. The number of anilines is 1. The van der Waals surface area contributed by atoms with Crippen molar-refractivity contribution in [2.75, 3.05) is 5.73 Å². The van der Waals surface area contributed by atoms with Crippen molar-refractivity contribution in [2.45, 2.75) is 20.0 Å². The monoisotopic (exact) mass is 274 g/mol. The van der Waals surface area contributed by atoms with Crippen LogP contribution in [0.25, 0.3) is 0 Å². The van der Waals surface area contributed by atoms with E-state index in [1.54, 1.807) is 0 Å². The Morgan fingerprint density at radius 2 is 1.50 bits per heavy atom. The number of aromatic nitrogens is 1. The summed E-state index contributed by atoms with van der Waals surface area (Å²) in [7, 11) is 0. The number of benzene rings is 1. The highest BCUT2D eigenvalue weighted by molar-refractivity contribution is 7.10. The molecule has 6 heteroatoms. The molecule has 0 spiro atoms. The molecule has 0 saturated heterocycles. The fraction of sp³-hybridized carbons (Fsp3) is 0.250. The first-order chi connectivity index (χ1) is 8.29. The average molecular weight is 274 g/mol. The Morgan fingerprint density at radius 3 is 1.72 bits per heavy atom. The van der Waals surface area contributed by atoms with E-state index in [-0.39, 0.29) is 5.82 Å². The maximum atomic E-state index is 11.7. The van der Waals surface area contributed by atoms with Crippen molar-refractivity contribution in [3.05, 3.63) is 45.8 Å². The molecule has 1 aromatic heterocycles. The fourth-order valence-corrected chi connectivity index (χ4v) is 1.63. The van der Waals surface area contributed by atoms with Crippen molar-refractivity contribution in [1.82, 2.24) is 4.98 Å². The zero-order chi connectivity index (χ0) is 13.8. The maximum absolute atomic E-state index is 11.7. The van der Waals surface area contributed by atoms with Gasteiger partial charge in [0, 0.05) is 5.38 Å². The van der Waals surface area contributed by atoms with E-state index < -0.39 is 11.2 Å². The third kappa shape index (κ3) is 4.75. The molecule has 0 radical (unpaired) electrons. The van der Waals surface area contributed by atoms with E-state index in [4.69, 9.17) is 5.73 Å². The summed E-state index contributed by atoms with van der Waals surface area (Å²) in [4.78, 5) is 3.05. The molecule has 0 fully saturated rings. The normalized spacial score (nSPS) is 10.7. The number of nitrogens with zero attached hydrogens (tertiary/aromatic N) is 1. The molecular weight excluding hydrogens is 261 g/mol. The molecule has 2 aromatic rings. The minimum absolute atomic E-state index is 0.0858. The van der Waals surface area contributed by atoms with Gasteiger partial charge in [-0.15, -0.1) is 11.3 Å². The number of aryl methyl sites for hydroxylation is 2. The minimum atomic E-state index is -4.36. The van der Waals surface area contributed by atoms with Gasteiger partial charge in [0.1, 0.15) is 5.82 Å². The summed E-state index contributed by atoms with van der Waals surface area (Å²) in [6.07, 6.45) is -4.36. The van der Waals surface area contributed by atoms with Gasteiger partial charge in [0.05, 0.1) is 0 Å². The van der Waals surface area contributed by atoms with Crippen LogP contribution in [-0.4, -0.2) is 4.98 Å². The zero-order valence-corrected chi connectivity index (χ0v) is 10.8. The molecule has 98 valence electrons. The summed E-state index contributed by atoms with van der Waals surface area (Å²) in [5.41, 5.74) is 7.63. The molecule has 0 saturated carbocycles. The van der Waals surface area contributed by atoms with E-state index in [2.05, 4.69) is 43.1 Å². The fourth-order valence-electron chi connectivity index (χ4n) is 1.05. The smallest absolute Gasteiger partial charge is 0.383 e. The lowest BCUT2D eigenvalue weighted by molar-refractivity contribution is -0.137. The summed E-state index contributed by atoms with van der Waals surface area (Å²) < 4.78 is 35.1. The van der Waals surface area contributed by atoms with E-state index in [1.807, 2.05) is 0 Å². The molecule has 2 rings (SSSR count). The van der Waals surface area contributed by atoms with Gasteiger partial charge in [0.2, 0.25) is 0 Å². The molecular formula is C12H13F3N2S. The summed E-state index contributed by atoms with van der Waals surface area (Å²) in [6.45, 7) is 4.19. The first-order valence-electron chi connectivity index (χ1n) is 5.10. The number of thiazole rings is 1. The van der Waals surface area contributed by atoms with Crippen molar-refractivity contribution >= 4 is 17.2 Å². The highest BCUT2D eigenvalue weighted by Gasteiger charge is 2.34. The molecule has 0 aliphatic rings. The van der Waals surface area contributed by atoms with Crippen LogP contribution in [-0.2, 0) is 6.18 Å². The highest BCUT2D eigenvalue weighted by Crippen LogP contribution is 2.31. The predicted molar refractivity (Wildman–Crippen MR) is 67.4 cm³/mol. The quantitative estimate of drug-likeness (QED) is 0.787. The van der Waals surface area contributed by atoms with Gasteiger partial charge in [-0.05, 0) is 13.8 Å². The summed E-state index contributed by atoms with van der Waals surface area (Å²) in [5, 5.41) is 0.257. The number of nitrogen functional groups attached to an aromatic ring is 1. The van der Waals surface area contributed by atoms with Crippen LogP contribution in [0.5, 0.6) is 0 Å². The summed E-state index contributed by atoms with van der Waals surface area (Å²) in [6, 6.07) is 8.48. The lowest BCUT2D eigenvalue weighted by Gasteiger charge is -1.98. The van der Waals surface area contributed by atoms with Crippen LogP contribution >= 0.6 is 11.3 Å². The number of hydrogen-bond acceptors (Lipinski definition) is 3. The van der Waals surface area contributed by atoms with Crippen LogP contribution < -0.4 is 5.73 Å². The van der Waals surface area contributed by atoms with Crippen LogP contribution in [0, 0.1) is 13.8 Å². The van der Waals surface area contributed by atoms with Crippen LogP contribution in [0.1, 0.15) is 16.1 Å². The molecule has 0 bridgehead atoms. The number of halogens is 3. The lowest BCUT2D eigenvalue weighted by Crippen LogP contribution is -2.03. The third-order valence-corrected chi connectivity index (χ3v) is 2.89. The Bertz CT molecular complexity index is 468. The summed E-state index contributed by atoms with van der Waals surface area (Å²) in [5.74, 6) is -0.0858. The van der Waals surface area contributed by atoms with Gasteiger partial charge >= 0.3 is 6.18 Å². The largest absolute Gasteiger partial charge is 0.443 e. The molecule has 2 nitrogen and oxygen atoms in total. The standard InChI is InChI=1S/C8H10.C4H3F3N2S/c1-7-3-5-8(2)6-4-7;5-4(6,7)3-9-2(8)1-10-3/h3-6H,1-2H3;1H,8H2. The second-order valence-corrected chi connectivity index (χ2v) is 4.59. The number of hydrogen-bond donors (Lipinski definition) is 1. The molecule has 2 N–H and O–H groups in total. The Labute approximate surface area is 107 Å². The first kappa shape index (κ1) is 14.5. The number of rotatable bonds is 0. The molecule has 1 aromatic carbocycles. The predicted octanol–water partition coefficient (Wildman–Crippen LogP) is 4.05. The van der Waals surface area contributed by atoms with E-state index >= 15 is 0 Å². The van der Waals surface area contributed by atoms with E-state index in [0.29, 0.717) is 11.3 Å². The average Bonchev–Trinajstić information content (AvgIpc) is 2.70. The zero-order valence-electron chi connectivity index (χ0n) is 9.95. The van der Waals surface area contributed by atoms with Crippen LogP contribution in [0.2, 0.25) is 0 Å². The lowest BCUT2D eigenvalue weighted by atomic mass is 10.2. The van der Waals surface area contributed by atoms with Gasteiger partial charge in [-0.25, -0.2) is 4.98 Å². The van der Waals surface area contributed by atoms with Gasteiger partial charge in [-0.1, -0.05) is 35.4 Å². The van der Waals surface area contributed by atoms with Crippen molar-refractivity contribution in [2.24, 2.45) is 0 Å². The van der Waals surface area contributed by atoms with E-state index in [0.717, 1.165) is 5.38 Å². The third-order valence-electron chi connectivity index (χ3n) is 1.98. The second kappa shape index (κ2) is 5.86. The number of nitrogens with two attached hydrogens (primary N) is 1. The molecule has 1 heterocycles. The van der Waals surface area contributed by atoms with E-state index in [9.17, 15) is 13.2 Å². The Hall–Kier alpha value is -1.56. The second-order valence-electron chi connectivity index (χ2n) is 3.73. The SMILES string of the molecule is Cc1ccc(C)cc1.Nc1csc(C(F)(F)F)n1. The molecule has 0 atom stereocenters. The van der Waals surface area contributed by atoms with Gasteiger partial charge in [0.25, 0.3) is 0 Å². The van der Waals surface area contributed by atoms with Crippen molar-refractivity contribution in [3.63, 3.8) is 0 Å². The first-order valence-corrected chi connectivity index (χ1v) is 5.98. The topological polar surface area (TPSA) is 38.9 Å². The minimum Gasteiger partial charge on any atom is -0.383 e. The number of alkyl halides is 3. The molecule has 0 aliphatic heterocycles. The van der Waals surface area contributed by atoms with Crippen molar-refractivity contribution in [3.8, 4) is 0 Å². The summed E-state index contributed by atoms with van der Waals surface area (Å²) >= 11 is 0.495. The van der Waals surface area contributed by atoms with E-state index in [1.165, 1.54) is 11.1 Å². The van der Waals surface area contributed by atoms with Gasteiger partial charge in [0.15, 0.2) is 5.01 Å². The molecule has 18 heavy (non-hydrogen) atoms. The molecule has 0 amide bonds. The van der Waals surface area contributed by atoms with Crippen LogP contribution in [0.3, 0.4) is 0 Å². The van der Waals surface area contributed by atoms with Gasteiger partial charge in [-0.2, -0.15) is 13.2 Å². The molecule has 0 aliphatic carbocycles. The van der Waals surface area contributed by atoms with Crippen LogP contribution in [0.15, 0.2) is 29.6 Å².